The summed E-state index contributed by atoms with van der Waals surface area (Å²) in [4.78, 5) is 0. The highest BCUT2D eigenvalue weighted by Gasteiger charge is 2.01. The largest absolute Gasteiger partial charge is 0.324 e. The van der Waals surface area contributed by atoms with Crippen molar-refractivity contribution in [1.82, 2.24) is 4.57 Å². The zero-order valence-corrected chi connectivity index (χ0v) is 8.95. The van der Waals surface area contributed by atoms with Crippen LogP contribution in [-0.4, -0.2) is 4.57 Å². The van der Waals surface area contributed by atoms with Gasteiger partial charge in [-0.1, -0.05) is 22.0 Å². The molecular weight excluding hydrogens is 226 g/mol. The average molecular weight is 236 g/mol. The number of hydrogen-bond acceptors (Lipinski definition) is 0. The van der Waals surface area contributed by atoms with E-state index in [0.29, 0.717) is 0 Å². The predicted octanol–water partition coefficient (Wildman–Crippen LogP) is 3.55. The molecule has 0 aliphatic rings. The van der Waals surface area contributed by atoms with Crippen molar-refractivity contribution in [1.29, 1.82) is 0 Å². The fourth-order valence-electron chi connectivity index (χ4n) is 1.37. The third kappa shape index (κ3) is 1.54. The third-order valence-electron chi connectivity index (χ3n) is 2.12. The molecule has 0 spiro atoms. The number of hydrogen-bond donors (Lipinski definition) is 0. The number of nitrogens with zero attached hydrogens (tertiary/aromatic N) is 1. The first-order chi connectivity index (χ1) is 6.29. The van der Waals surface area contributed by atoms with Gasteiger partial charge in [-0.2, -0.15) is 0 Å². The summed E-state index contributed by atoms with van der Waals surface area (Å²) in [6.45, 7) is 2.11. The minimum atomic E-state index is 1.15. The van der Waals surface area contributed by atoms with E-state index < -0.39 is 0 Å². The molecular formula is C11H10BrN. The number of benzene rings is 1. The summed E-state index contributed by atoms with van der Waals surface area (Å²) in [7, 11) is 0. The van der Waals surface area contributed by atoms with Crippen molar-refractivity contribution in [3.8, 4) is 5.69 Å². The molecule has 2 aromatic rings. The zero-order chi connectivity index (χ0) is 9.26. The van der Waals surface area contributed by atoms with Crippen molar-refractivity contribution in [2.24, 2.45) is 0 Å². The summed E-state index contributed by atoms with van der Waals surface area (Å²) in [5.41, 5.74) is 2.48. The van der Waals surface area contributed by atoms with E-state index in [9.17, 15) is 0 Å². The van der Waals surface area contributed by atoms with Crippen molar-refractivity contribution >= 4 is 15.9 Å². The molecule has 1 nitrogen and oxygen atoms in total. The van der Waals surface area contributed by atoms with E-state index in [1.807, 2.05) is 18.2 Å². The summed E-state index contributed by atoms with van der Waals surface area (Å²) in [5, 5.41) is 0. The summed E-state index contributed by atoms with van der Waals surface area (Å²) in [6, 6.07) is 10.3. The van der Waals surface area contributed by atoms with Crippen LogP contribution in [-0.2, 0) is 0 Å². The fraction of sp³-hybridized carbons (Fsp3) is 0.0909. The van der Waals surface area contributed by atoms with Gasteiger partial charge in [0.15, 0.2) is 0 Å². The van der Waals surface area contributed by atoms with Gasteiger partial charge in [-0.3, -0.25) is 0 Å². The molecule has 0 bridgehead atoms. The van der Waals surface area contributed by atoms with E-state index >= 15 is 0 Å². The van der Waals surface area contributed by atoms with Gasteiger partial charge in [0.1, 0.15) is 0 Å². The SMILES string of the molecule is Cc1c(Br)cccc1-n1cccc1. The van der Waals surface area contributed by atoms with E-state index in [4.69, 9.17) is 0 Å². The van der Waals surface area contributed by atoms with Gasteiger partial charge in [-0.25, -0.2) is 0 Å². The molecule has 0 unspecified atom stereocenters. The van der Waals surface area contributed by atoms with Crippen LogP contribution in [0.3, 0.4) is 0 Å². The van der Waals surface area contributed by atoms with Crippen LogP contribution < -0.4 is 0 Å². The minimum absolute atomic E-state index is 1.15. The lowest BCUT2D eigenvalue weighted by Crippen LogP contribution is -1.93. The molecule has 0 aliphatic heterocycles. The van der Waals surface area contributed by atoms with Crippen LogP contribution in [0.1, 0.15) is 5.56 Å². The predicted molar refractivity (Wildman–Crippen MR) is 58.2 cm³/mol. The van der Waals surface area contributed by atoms with Gasteiger partial charge in [-0.05, 0) is 36.8 Å². The molecule has 0 aliphatic carbocycles. The second kappa shape index (κ2) is 3.38. The second-order valence-corrected chi connectivity index (χ2v) is 3.83. The summed E-state index contributed by atoms with van der Waals surface area (Å²) >= 11 is 3.52. The topological polar surface area (TPSA) is 4.93 Å². The normalized spacial score (nSPS) is 10.3. The smallest absolute Gasteiger partial charge is 0.0489 e. The van der Waals surface area contributed by atoms with E-state index in [1.165, 1.54) is 11.3 Å². The quantitative estimate of drug-likeness (QED) is 0.713. The van der Waals surface area contributed by atoms with Crippen molar-refractivity contribution in [2.45, 2.75) is 6.92 Å². The molecule has 0 radical (unpaired) electrons. The van der Waals surface area contributed by atoms with Gasteiger partial charge >= 0.3 is 0 Å². The van der Waals surface area contributed by atoms with Crippen LogP contribution >= 0.6 is 15.9 Å². The Morgan fingerprint density at radius 1 is 1.08 bits per heavy atom. The molecule has 0 fully saturated rings. The number of halogens is 1. The van der Waals surface area contributed by atoms with Gasteiger partial charge in [-0.15, -0.1) is 0 Å². The van der Waals surface area contributed by atoms with Crippen molar-refractivity contribution < 1.29 is 0 Å². The van der Waals surface area contributed by atoms with E-state index in [2.05, 4.69) is 51.9 Å². The van der Waals surface area contributed by atoms with E-state index in [0.717, 1.165) is 4.47 Å². The Kier molecular flexibility index (Phi) is 2.23. The van der Waals surface area contributed by atoms with Crippen molar-refractivity contribution in [3.05, 3.63) is 52.8 Å². The Morgan fingerprint density at radius 3 is 2.46 bits per heavy atom. The van der Waals surface area contributed by atoms with Crippen LogP contribution in [0.5, 0.6) is 0 Å². The van der Waals surface area contributed by atoms with Gasteiger partial charge in [0.2, 0.25) is 0 Å². The molecule has 0 saturated heterocycles. The van der Waals surface area contributed by atoms with Gasteiger partial charge in [0.25, 0.3) is 0 Å². The van der Waals surface area contributed by atoms with Crippen molar-refractivity contribution in [3.63, 3.8) is 0 Å². The highest BCUT2D eigenvalue weighted by atomic mass is 79.9. The Bertz CT molecular complexity index is 404. The maximum atomic E-state index is 3.52. The van der Waals surface area contributed by atoms with Crippen LogP contribution in [0, 0.1) is 6.92 Å². The molecule has 0 amide bonds. The standard InChI is InChI=1S/C11H10BrN/c1-9-10(12)5-4-6-11(9)13-7-2-3-8-13/h2-8H,1H3. The molecule has 1 heterocycles. The van der Waals surface area contributed by atoms with Crippen LogP contribution in [0.4, 0.5) is 0 Å². The molecule has 2 heteroatoms. The molecule has 1 aromatic carbocycles. The molecule has 0 N–H and O–H groups in total. The van der Waals surface area contributed by atoms with Gasteiger partial charge in [0, 0.05) is 22.6 Å². The summed E-state index contributed by atoms with van der Waals surface area (Å²) in [6.07, 6.45) is 4.10. The molecule has 0 saturated carbocycles. The molecule has 2 rings (SSSR count). The lowest BCUT2D eigenvalue weighted by molar-refractivity contribution is 1.06. The first-order valence-corrected chi connectivity index (χ1v) is 4.97. The first-order valence-electron chi connectivity index (χ1n) is 4.17. The maximum absolute atomic E-state index is 3.52. The first kappa shape index (κ1) is 8.57. The monoisotopic (exact) mass is 235 g/mol. The summed E-state index contributed by atoms with van der Waals surface area (Å²) in [5.74, 6) is 0. The Balaban J connectivity index is 2.59. The lowest BCUT2D eigenvalue weighted by Gasteiger charge is -2.07. The van der Waals surface area contributed by atoms with E-state index in [1.54, 1.807) is 0 Å². The Morgan fingerprint density at radius 2 is 1.77 bits per heavy atom. The van der Waals surface area contributed by atoms with Gasteiger partial charge < -0.3 is 4.57 Å². The average Bonchev–Trinajstić information content (AvgIpc) is 2.62. The summed E-state index contributed by atoms with van der Waals surface area (Å²) < 4.78 is 3.26. The highest BCUT2D eigenvalue weighted by molar-refractivity contribution is 9.10. The van der Waals surface area contributed by atoms with Crippen LogP contribution in [0.15, 0.2) is 47.2 Å². The Labute approximate surface area is 86.1 Å². The highest BCUT2D eigenvalue weighted by Crippen LogP contribution is 2.22. The fourth-order valence-corrected chi connectivity index (χ4v) is 1.73. The molecule has 13 heavy (non-hydrogen) atoms. The number of aromatic nitrogens is 1. The van der Waals surface area contributed by atoms with Gasteiger partial charge in [0.05, 0.1) is 0 Å². The Hall–Kier alpha value is -1.02. The maximum Gasteiger partial charge on any atom is 0.0489 e. The minimum Gasteiger partial charge on any atom is -0.324 e. The number of rotatable bonds is 1. The lowest BCUT2D eigenvalue weighted by atomic mass is 10.2. The zero-order valence-electron chi connectivity index (χ0n) is 7.37. The molecule has 0 atom stereocenters. The molecule has 66 valence electrons. The third-order valence-corrected chi connectivity index (χ3v) is 2.98. The van der Waals surface area contributed by atoms with Crippen LogP contribution in [0.2, 0.25) is 0 Å². The second-order valence-electron chi connectivity index (χ2n) is 2.97. The van der Waals surface area contributed by atoms with Crippen LogP contribution in [0.25, 0.3) is 5.69 Å². The van der Waals surface area contributed by atoms with Crippen molar-refractivity contribution in [2.75, 3.05) is 0 Å². The van der Waals surface area contributed by atoms with E-state index in [-0.39, 0.29) is 0 Å². The molecule has 1 aromatic heterocycles.